The first kappa shape index (κ1) is 19.9. The number of carboxylic acids is 1. The lowest BCUT2D eigenvalue weighted by Crippen LogP contribution is -2.27. The third-order valence-corrected chi connectivity index (χ3v) is 5.26. The van der Waals surface area contributed by atoms with Gasteiger partial charge in [-0.05, 0) is 55.0 Å². The first-order chi connectivity index (χ1) is 13.4. The van der Waals surface area contributed by atoms with Crippen LogP contribution in [0, 0.1) is 0 Å². The van der Waals surface area contributed by atoms with Gasteiger partial charge in [0.25, 0.3) is 5.91 Å². The number of anilines is 1. The minimum atomic E-state index is -1.04. The number of carbonyl (C=O) groups excluding carboxylic acids is 1. The Hall–Kier alpha value is -2.84. The zero-order chi connectivity index (χ0) is 20.3. The molecule has 1 saturated heterocycles. The average molecular weight is 415 g/mol. The van der Waals surface area contributed by atoms with Crippen molar-refractivity contribution >= 4 is 51.9 Å². The van der Waals surface area contributed by atoms with Crippen LogP contribution in [-0.4, -0.2) is 34.5 Å². The molecule has 1 unspecified atom stereocenters. The maximum atomic E-state index is 12.8. The van der Waals surface area contributed by atoms with Gasteiger partial charge in [-0.1, -0.05) is 36.1 Å². The molecule has 0 bridgehead atoms. The molecule has 1 heterocycles. The molecule has 1 atom stereocenters. The Kier molecular flexibility index (Phi) is 6.01. The number of amides is 1. The summed E-state index contributed by atoms with van der Waals surface area (Å²) in [7, 11) is 1.58. The summed E-state index contributed by atoms with van der Waals surface area (Å²) in [6.07, 6.45) is 0.805. The SMILES string of the molecule is COc1ccc(N2C(=O)/C(=C\c3ccc(OC(C)C(=O)O)cc3)SC2=S)cc1. The molecule has 1 fully saturated rings. The fraction of sp³-hybridized carbons (Fsp3) is 0.150. The van der Waals surface area contributed by atoms with E-state index in [0.717, 1.165) is 5.56 Å². The van der Waals surface area contributed by atoms with Crippen LogP contribution in [0.15, 0.2) is 53.4 Å². The van der Waals surface area contributed by atoms with E-state index in [2.05, 4.69) is 0 Å². The number of nitrogens with zero attached hydrogens (tertiary/aromatic N) is 1. The predicted octanol–water partition coefficient (Wildman–Crippen LogP) is 3.95. The fourth-order valence-electron chi connectivity index (χ4n) is 2.47. The second-order valence-electron chi connectivity index (χ2n) is 5.88. The highest BCUT2D eigenvalue weighted by molar-refractivity contribution is 8.27. The molecule has 1 aliphatic heterocycles. The molecule has 0 radical (unpaired) electrons. The molecule has 0 aliphatic carbocycles. The van der Waals surface area contributed by atoms with E-state index in [1.54, 1.807) is 61.7 Å². The second kappa shape index (κ2) is 8.45. The van der Waals surface area contributed by atoms with Crippen LogP contribution in [0.25, 0.3) is 6.08 Å². The Morgan fingerprint density at radius 2 is 1.75 bits per heavy atom. The van der Waals surface area contributed by atoms with Gasteiger partial charge in [-0.25, -0.2) is 4.79 Å². The quantitative estimate of drug-likeness (QED) is 0.565. The zero-order valence-electron chi connectivity index (χ0n) is 15.1. The van der Waals surface area contributed by atoms with E-state index in [0.29, 0.717) is 26.4 Å². The van der Waals surface area contributed by atoms with Crippen LogP contribution in [0.5, 0.6) is 11.5 Å². The number of benzene rings is 2. The lowest BCUT2D eigenvalue weighted by molar-refractivity contribution is -0.144. The number of carboxylic acid groups (broad SMARTS) is 1. The van der Waals surface area contributed by atoms with Crippen molar-refractivity contribution in [2.45, 2.75) is 13.0 Å². The summed E-state index contributed by atoms with van der Waals surface area (Å²) < 4.78 is 10.9. The van der Waals surface area contributed by atoms with E-state index in [1.165, 1.54) is 23.6 Å². The number of thiocarbonyl (C=S) groups is 1. The van der Waals surface area contributed by atoms with Crippen LogP contribution in [-0.2, 0) is 9.59 Å². The summed E-state index contributed by atoms with van der Waals surface area (Å²) in [5.41, 5.74) is 1.46. The molecule has 6 nitrogen and oxygen atoms in total. The van der Waals surface area contributed by atoms with Crippen molar-refractivity contribution < 1.29 is 24.2 Å². The van der Waals surface area contributed by atoms with E-state index >= 15 is 0 Å². The largest absolute Gasteiger partial charge is 0.497 e. The van der Waals surface area contributed by atoms with Crippen LogP contribution in [0.3, 0.4) is 0 Å². The van der Waals surface area contributed by atoms with Gasteiger partial charge in [0.15, 0.2) is 10.4 Å². The van der Waals surface area contributed by atoms with Crippen molar-refractivity contribution in [2.24, 2.45) is 0 Å². The summed E-state index contributed by atoms with van der Waals surface area (Å²) >= 11 is 6.60. The molecular weight excluding hydrogens is 398 g/mol. The summed E-state index contributed by atoms with van der Waals surface area (Å²) in [5.74, 6) is -0.0895. The normalized spacial score (nSPS) is 16.4. The maximum Gasteiger partial charge on any atom is 0.344 e. The Morgan fingerprint density at radius 1 is 1.14 bits per heavy atom. The van der Waals surface area contributed by atoms with Crippen LogP contribution in [0.2, 0.25) is 0 Å². The standard InChI is InChI=1S/C20H17NO5S2/c1-12(19(23)24)26-16-7-3-13(4-8-16)11-17-18(22)21(20(27)28-17)14-5-9-15(25-2)10-6-14/h3-12H,1-2H3,(H,23,24)/b17-11+. The Balaban J connectivity index is 1.76. The number of hydrogen-bond acceptors (Lipinski definition) is 6. The van der Waals surface area contributed by atoms with Crippen molar-refractivity contribution in [3.8, 4) is 11.5 Å². The zero-order valence-corrected chi connectivity index (χ0v) is 16.8. The number of aliphatic carboxylic acids is 1. The molecule has 0 aromatic heterocycles. The molecule has 144 valence electrons. The summed E-state index contributed by atoms with van der Waals surface area (Å²) in [4.78, 5) is 25.6. The van der Waals surface area contributed by atoms with Crippen LogP contribution in [0.4, 0.5) is 5.69 Å². The summed E-state index contributed by atoms with van der Waals surface area (Å²) in [5, 5.41) is 8.89. The Bertz CT molecular complexity index is 938. The van der Waals surface area contributed by atoms with Crippen molar-refractivity contribution in [1.82, 2.24) is 0 Å². The molecule has 0 spiro atoms. The average Bonchev–Trinajstić information content (AvgIpc) is 2.96. The smallest absolute Gasteiger partial charge is 0.344 e. The van der Waals surface area contributed by atoms with E-state index in [1.807, 2.05) is 0 Å². The van der Waals surface area contributed by atoms with Gasteiger partial charge in [0, 0.05) is 0 Å². The Morgan fingerprint density at radius 3 is 2.32 bits per heavy atom. The third-order valence-electron chi connectivity index (χ3n) is 3.96. The Labute approximate surface area is 171 Å². The monoisotopic (exact) mass is 415 g/mol. The van der Waals surface area contributed by atoms with Gasteiger partial charge in [-0.3, -0.25) is 9.69 Å². The summed E-state index contributed by atoms with van der Waals surface area (Å²) in [6, 6.07) is 13.9. The van der Waals surface area contributed by atoms with Gasteiger partial charge in [0.2, 0.25) is 0 Å². The minimum absolute atomic E-state index is 0.194. The molecule has 2 aromatic rings. The molecular formula is C20H17NO5S2. The first-order valence-electron chi connectivity index (χ1n) is 8.30. The molecule has 3 rings (SSSR count). The molecule has 2 aromatic carbocycles. The van der Waals surface area contributed by atoms with Gasteiger partial charge in [0.05, 0.1) is 17.7 Å². The number of hydrogen-bond donors (Lipinski definition) is 1. The van der Waals surface area contributed by atoms with Crippen molar-refractivity contribution in [1.29, 1.82) is 0 Å². The number of rotatable bonds is 6. The van der Waals surface area contributed by atoms with E-state index < -0.39 is 12.1 Å². The topological polar surface area (TPSA) is 76.1 Å². The molecule has 28 heavy (non-hydrogen) atoms. The number of methoxy groups -OCH3 is 1. The molecule has 8 heteroatoms. The van der Waals surface area contributed by atoms with Crippen molar-refractivity contribution in [3.05, 3.63) is 59.0 Å². The number of ether oxygens (including phenoxy) is 2. The predicted molar refractivity (Wildman–Crippen MR) is 113 cm³/mol. The molecule has 1 N–H and O–H groups in total. The van der Waals surface area contributed by atoms with Gasteiger partial charge in [-0.2, -0.15) is 0 Å². The maximum absolute atomic E-state index is 12.8. The highest BCUT2D eigenvalue weighted by Gasteiger charge is 2.33. The van der Waals surface area contributed by atoms with Gasteiger partial charge in [0.1, 0.15) is 11.5 Å². The van der Waals surface area contributed by atoms with Crippen LogP contribution >= 0.6 is 24.0 Å². The fourth-order valence-corrected chi connectivity index (χ4v) is 3.77. The van der Waals surface area contributed by atoms with Crippen LogP contribution in [0.1, 0.15) is 12.5 Å². The molecule has 0 saturated carbocycles. The van der Waals surface area contributed by atoms with Gasteiger partial charge in [-0.15, -0.1) is 0 Å². The van der Waals surface area contributed by atoms with Crippen molar-refractivity contribution in [2.75, 3.05) is 12.0 Å². The highest BCUT2D eigenvalue weighted by atomic mass is 32.2. The van der Waals surface area contributed by atoms with Crippen molar-refractivity contribution in [3.63, 3.8) is 0 Å². The second-order valence-corrected chi connectivity index (χ2v) is 7.56. The van der Waals surface area contributed by atoms with E-state index in [-0.39, 0.29) is 5.91 Å². The van der Waals surface area contributed by atoms with E-state index in [4.69, 9.17) is 26.8 Å². The highest BCUT2D eigenvalue weighted by Crippen LogP contribution is 2.36. The third kappa shape index (κ3) is 4.35. The molecule has 1 amide bonds. The lowest BCUT2D eigenvalue weighted by Gasteiger charge is -2.14. The number of thioether (sulfide) groups is 1. The minimum Gasteiger partial charge on any atom is -0.497 e. The molecule has 1 aliphatic rings. The lowest BCUT2D eigenvalue weighted by atomic mass is 10.2. The van der Waals surface area contributed by atoms with Gasteiger partial charge >= 0.3 is 5.97 Å². The van der Waals surface area contributed by atoms with Crippen LogP contribution < -0.4 is 14.4 Å². The summed E-state index contributed by atoms with van der Waals surface area (Å²) in [6.45, 7) is 1.46. The van der Waals surface area contributed by atoms with E-state index in [9.17, 15) is 9.59 Å². The van der Waals surface area contributed by atoms with Gasteiger partial charge < -0.3 is 14.6 Å². The number of carbonyl (C=O) groups is 2. The first-order valence-corrected chi connectivity index (χ1v) is 9.53.